The van der Waals surface area contributed by atoms with Crippen molar-refractivity contribution in [3.8, 4) is 17.1 Å². The normalized spacial score (nSPS) is 16.5. The molecule has 0 bridgehead atoms. The van der Waals surface area contributed by atoms with E-state index >= 15 is 0 Å². The standard InChI is InChI=1S/C22H20FN5O/c1-29-19-9-5-3-6-16(19)15-12-13-27(14-15)21-11-10-20-24-25-22(28(20)26-21)17-7-2-4-8-18(17)23/h2-11,15H,12-14H2,1H3. The summed E-state index contributed by atoms with van der Waals surface area (Å²) in [5.74, 6) is 2.18. The van der Waals surface area contributed by atoms with E-state index in [9.17, 15) is 4.39 Å². The summed E-state index contributed by atoms with van der Waals surface area (Å²) < 4.78 is 21.4. The predicted octanol–water partition coefficient (Wildman–Crippen LogP) is 3.93. The molecule has 2 aromatic carbocycles. The van der Waals surface area contributed by atoms with Crippen LogP contribution in [0.25, 0.3) is 17.0 Å². The molecule has 1 aliphatic rings. The van der Waals surface area contributed by atoms with Crippen LogP contribution in [-0.2, 0) is 0 Å². The van der Waals surface area contributed by atoms with Crippen molar-refractivity contribution in [1.29, 1.82) is 0 Å². The third kappa shape index (κ3) is 3.08. The molecule has 2 aromatic heterocycles. The largest absolute Gasteiger partial charge is 0.496 e. The first-order chi connectivity index (χ1) is 14.2. The molecule has 1 saturated heterocycles. The molecule has 1 fully saturated rings. The van der Waals surface area contributed by atoms with Gasteiger partial charge in [0.25, 0.3) is 0 Å². The van der Waals surface area contributed by atoms with Gasteiger partial charge >= 0.3 is 0 Å². The summed E-state index contributed by atoms with van der Waals surface area (Å²) in [7, 11) is 1.71. The number of nitrogens with zero attached hydrogens (tertiary/aromatic N) is 5. The van der Waals surface area contributed by atoms with Crippen LogP contribution in [0.3, 0.4) is 0 Å². The van der Waals surface area contributed by atoms with E-state index in [1.807, 2.05) is 30.3 Å². The van der Waals surface area contributed by atoms with Crippen LogP contribution in [0.4, 0.5) is 10.2 Å². The molecule has 5 rings (SSSR count). The van der Waals surface area contributed by atoms with Gasteiger partial charge in [-0.15, -0.1) is 15.3 Å². The summed E-state index contributed by atoms with van der Waals surface area (Å²) in [4.78, 5) is 2.24. The molecule has 7 heteroatoms. The molecule has 3 heterocycles. The Morgan fingerprint density at radius 2 is 1.83 bits per heavy atom. The van der Waals surface area contributed by atoms with Crippen LogP contribution in [0.5, 0.6) is 5.75 Å². The Labute approximate surface area is 167 Å². The Morgan fingerprint density at radius 3 is 2.69 bits per heavy atom. The average Bonchev–Trinajstić information content (AvgIpc) is 3.41. The molecule has 1 aliphatic heterocycles. The second kappa shape index (κ2) is 7.16. The molecule has 0 saturated carbocycles. The van der Waals surface area contributed by atoms with Gasteiger partial charge in [-0.2, -0.15) is 4.52 Å². The highest BCUT2D eigenvalue weighted by molar-refractivity contribution is 5.60. The molecule has 1 atom stereocenters. The van der Waals surface area contributed by atoms with Gasteiger partial charge in [-0.3, -0.25) is 0 Å². The van der Waals surface area contributed by atoms with Gasteiger partial charge in [0, 0.05) is 19.0 Å². The van der Waals surface area contributed by atoms with Crippen molar-refractivity contribution in [2.24, 2.45) is 0 Å². The number of anilines is 1. The van der Waals surface area contributed by atoms with Crippen LogP contribution in [0.2, 0.25) is 0 Å². The zero-order valence-electron chi connectivity index (χ0n) is 16.0. The number of halogens is 1. The Hall–Kier alpha value is -3.48. The third-order valence-corrected chi connectivity index (χ3v) is 5.45. The summed E-state index contributed by atoms with van der Waals surface area (Å²) in [5.41, 5.74) is 2.19. The molecule has 0 N–H and O–H groups in total. The molecule has 6 nitrogen and oxygen atoms in total. The maximum atomic E-state index is 14.3. The fraction of sp³-hybridized carbons (Fsp3) is 0.227. The van der Waals surface area contributed by atoms with E-state index in [0.29, 0.717) is 23.0 Å². The zero-order valence-corrected chi connectivity index (χ0v) is 16.0. The molecule has 29 heavy (non-hydrogen) atoms. The van der Waals surface area contributed by atoms with E-state index in [0.717, 1.165) is 31.1 Å². The monoisotopic (exact) mass is 389 g/mol. The topological polar surface area (TPSA) is 55.5 Å². The minimum absolute atomic E-state index is 0.341. The lowest BCUT2D eigenvalue weighted by molar-refractivity contribution is 0.406. The van der Waals surface area contributed by atoms with Crippen LogP contribution in [0.15, 0.2) is 60.7 Å². The first-order valence-corrected chi connectivity index (χ1v) is 9.60. The number of para-hydroxylation sites is 1. The van der Waals surface area contributed by atoms with Crippen molar-refractivity contribution in [2.45, 2.75) is 12.3 Å². The Balaban J connectivity index is 1.47. The smallest absolute Gasteiger partial charge is 0.188 e. The summed E-state index contributed by atoms with van der Waals surface area (Å²) in [6, 6.07) is 18.5. The van der Waals surface area contributed by atoms with Crippen molar-refractivity contribution in [1.82, 2.24) is 19.8 Å². The Kier molecular flexibility index (Phi) is 4.35. The maximum absolute atomic E-state index is 14.3. The summed E-state index contributed by atoms with van der Waals surface area (Å²) in [6.45, 7) is 1.73. The minimum atomic E-state index is -0.341. The fourth-order valence-electron chi connectivity index (χ4n) is 3.98. The highest BCUT2D eigenvalue weighted by atomic mass is 19.1. The minimum Gasteiger partial charge on any atom is -0.496 e. The van der Waals surface area contributed by atoms with Gasteiger partial charge in [0.2, 0.25) is 0 Å². The number of methoxy groups -OCH3 is 1. The number of fused-ring (bicyclic) bond motifs is 1. The van der Waals surface area contributed by atoms with E-state index < -0.39 is 0 Å². The molecular formula is C22H20FN5O. The Morgan fingerprint density at radius 1 is 1.00 bits per heavy atom. The molecule has 0 spiro atoms. The number of aromatic nitrogens is 4. The van der Waals surface area contributed by atoms with Crippen LogP contribution in [0.1, 0.15) is 17.9 Å². The van der Waals surface area contributed by atoms with E-state index in [2.05, 4.69) is 21.2 Å². The van der Waals surface area contributed by atoms with Crippen molar-refractivity contribution in [2.75, 3.05) is 25.1 Å². The summed E-state index contributed by atoms with van der Waals surface area (Å²) >= 11 is 0. The number of hydrogen-bond acceptors (Lipinski definition) is 5. The first-order valence-electron chi connectivity index (χ1n) is 9.60. The number of rotatable bonds is 4. The molecule has 0 aliphatic carbocycles. The van der Waals surface area contributed by atoms with E-state index in [1.54, 1.807) is 29.8 Å². The second-order valence-electron chi connectivity index (χ2n) is 7.14. The molecule has 0 amide bonds. The van der Waals surface area contributed by atoms with Crippen molar-refractivity contribution in [3.63, 3.8) is 0 Å². The zero-order chi connectivity index (χ0) is 19.8. The lowest BCUT2D eigenvalue weighted by Crippen LogP contribution is -2.21. The lowest BCUT2D eigenvalue weighted by Gasteiger charge is -2.18. The molecule has 0 radical (unpaired) electrons. The fourth-order valence-corrected chi connectivity index (χ4v) is 3.98. The van der Waals surface area contributed by atoms with Crippen molar-refractivity contribution >= 4 is 11.5 Å². The van der Waals surface area contributed by atoms with Crippen molar-refractivity contribution in [3.05, 3.63) is 72.0 Å². The highest BCUT2D eigenvalue weighted by Crippen LogP contribution is 2.35. The van der Waals surface area contributed by atoms with Gasteiger partial charge in [0.05, 0.1) is 12.7 Å². The quantitative estimate of drug-likeness (QED) is 0.529. The molecular weight excluding hydrogens is 369 g/mol. The second-order valence-corrected chi connectivity index (χ2v) is 7.14. The highest BCUT2D eigenvalue weighted by Gasteiger charge is 2.27. The summed E-state index contributed by atoms with van der Waals surface area (Å²) in [6.07, 6.45) is 1.02. The van der Waals surface area contributed by atoms with Gasteiger partial charge < -0.3 is 9.64 Å². The van der Waals surface area contributed by atoms with E-state index in [1.165, 1.54) is 11.6 Å². The van der Waals surface area contributed by atoms with Gasteiger partial charge in [-0.1, -0.05) is 30.3 Å². The average molecular weight is 389 g/mol. The van der Waals surface area contributed by atoms with Gasteiger partial charge in [-0.05, 0) is 42.3 Å². The van der Waals surface area contributed by atoms with E-state index in [-0.39, 0.29) is 5.82 Å². The molecule has 1 unspecified atom stereocenters. The summed E-state index contributed by atoms with van der Waals surface area (Å²) in [5, 5.41) is 13.0. The van der Waals surface area contributed by atoms with Crippen LogP contribution < -0.4 is 9.64 Å². The van der Waals surface area contributed by atoms with Gasteiger partial charge in [0.15, 0.2) is 11.5 Å². The van der Waals surface area contributed by atoms with Gasteiger partial charge in [-0.25, -0.2) is 4.39 Å². The van der Waals surface area contributed by atoms with Crippen LogP contribution in [-0.4, -0.2) is 40.0 Å². The number of hydrogen-bond donors (Lipinski definition) is 0. The molecule has 146 valence electrons. The van der Waals surface area contributed by atoms with Crippen molar-refractivity contribution < 1.29 is 9.13 Å². The SMILES string of the molecule is COc1ccccc1C1CCN(c2ccc3nnc(-c4ccccc4F)n3n2)C1. The van der Waals surface area contributed by atoms with Gasteiger partial charge in [0.1, 0.15) is 17.4 Å². The van der Waals surface area contributed by atoms with Crippen LogP contribution in [0, 0.1) is 5.82 Å². The maximum Gasteiger partial charge on any atom is 0.188 e. The third-order valence-electron chi connectivity index (χ3n) is 5.45. The Bertz CT molecular complexity index is 1170. The lowest BCUT2D eigenvalue weighted by atomic mass is 9.97. The molecule has 4 aromatic rings. The number of benzene rings is 2. The number of ether oxygens (including phenoxy) is 1. The van der Waals surface area contributed by atoms with Crippen LogP contribution >= 0.6 is 0 Å². The van der Waals surface area contributed by atoms with E-state index in [4.69, 9.17) is 9.84 Å². The predicted molar refractivity (Wildman–Crippen MR) is 109 cm³/mol. The first kappa shape index (κ1) is 17.6.